The normalized spacial score (nSPS) is 16.7. The topological polar surface area (TPSA) is 98.5 Å². The van der Waals surface area contributed by atoms with Crippen LogP contribution in [0.5, 0.6) is 0 Å². The summed E-state index contributed by atoms with van der Waals surface area (Å²) in [7, 11) is 1.15. The summed E-state index contributed by atoms with van der Waals surface area (Å²) in [4.78, 5) is 33.1. The molecule has 1 aromatic carbocycles. The van der Waals surface area contributed by atoms with Crippen LogP contribution in [0.2, 0.25) is 0 Å². The number of halogens is 3. The summed E-state index contributed by atoms with van der Waals surface area (Å²) in [5.74, 6) is -2.76. The molecular weight excluding hydrogens is 345 g/mol. The van der Waals surface area contributed by atoms with Crippen LogP contribution in [0.1, 0.15) is 35.6 Å². The first kappa shape index (κ1) is 18.7. The number of carbonyl (C=O) groups excluding carboxylic acids is 2. The van der Waals surface area contributed by atoms with Gasteiger partial charge in [-0.05, 0) is 36.5 Å². The lowest BCUT2D eigenvalue weighted by molar-refractivity contribution is -0.385. The van der Waals surface area contributed by atoms with Crippen molar-refractivity contribution in [3.05, 3.63) is 38.9 Å². The number of esters is 1. The van der Waals surface area contributed by atoms with Gasteiger partial charge in [0.2, 0.25) is 0 Å². The molecule has 1 aromatic rings. The van der Waals surface area contributed by atoms with Gasteiger partial charge in [-0.1, -0.05) is 0 Å². The summed E-state index contributed by atoms with van der Waals surface area (Å²) in [5, 5.41) is 13.1. The summed E-state index contributed by atoms with van der Waals surface area (Å²) in [6.45, 7) is 0. The SMILES string of the molecule is COC(=O)Cc1cc2c(cc1[N+](=O)[O-])[C@H](NC(=O)C(F)(F)F)CCC2. The number of alkyl halides is 3. The number of nitrogens with one attached hydrogen (secondary N) is 1. The van der Waals surface area contributed by atoms with Crippen LogP contribution in [0.15, 0.2) is 12.1 Å². The fourth-order valence-corrected chi connectivity index (χ4v) is 2.82. The second-order valence-corrected chi connectivity index (χ2v) is 5.61. The van der Waals surface area contributed by atoms with Crippen molar-refractivity contribution in [3.8, 4) is 0 Å². The molecule has 1 amide bonds. The molecule has 1 atom stereocenters. The Morgan fingerprint density at radius 3 is 2.64 bits per heavy atom. The highest BCUT2D eigenvalue weighted by Gasteiger charge is 2.40. The zero-order chi connectivity index (χ0) is 18.8. The predicted molar refractivity (Wildman–Crippen MR) is 78.7 cm³/mol. The highest BCUT2D eigenvalue weighted by molar-refractivity contribution is 5.82. The third-order valence-electron chi connectivity index (χ3n) is 3.98. The molecule has 1 aliphatic carbocycles. The van der Waals surface area contributed by atoms with E-state index < -0.39 is 34.7 Å². The Labute approximate surface area is 140 Å². The summed E-state index contributed by atoms with van der Waals surface area (Å²) >= 11 is 0. The molecule has 10 heteroatoms. The maximum atomic E-state index is 12.5. The average molecular weight is 360 g/mol. The summed E-state index contributed by atoms with van der Waals surface area (Å²) in [5.41, 5.74) is 0.572. The van der Waals surface area contributed by atoms with E-state index in [-0.39, 0.29) is 24.0 Å². The van der Waals surface area contributed by atoms with Gasteiger partial charge >= 0.3 is 18.1 Å². The zero-order valence-corrected chi connectivity index (χ0v) is 13.2. The lowest BCUT2D eigenvalue weighted by atomic mass is 9.85. The van der Waals surface area contributed by atoms with Crippen LogP contribution in [-0.4, -0.2) is 30.1 Å². The molecule has 1 N–H and O–H groups in total. The highest BCUT2D eigenvalue weighted by atomic mass is 19.4. The van der Waals surface area contributed by atoms with E-state index in [1.54, 1.807) is 0 Å². The molecule has 0 unspecified atom stereocenters. The van der Waals surface area contributed by atoms with Crippen molar-refractivity contribution in [1.29, 1.82) is 0 Å². The predicted octanol–water partition coefficient (Wildman–Crippen LogP) is 2.37. The van der Waals surface area contributed by atoms with Gasteiger partial charge in [-0.25, -0.2) is 0 Å². The molecule has 1 aliphatic rings. The number of aryl methyl sites for hydroxylation is 1. The molecule has 0 saturated carbocycles. The third-order valence-corrected chi connectivity index (χ3v) is 3.98. The number of amides is 1. The highest BCUT2D eigenvalue weighted by Crippen LogP contribution is 2.35. The number of nitro groups is 1. The Morgan fingerprint density at radius 1 is 1.40 bits per heavy atom. The molecule has 0 heterocycles. The number of hydrogen-bond donors (Lipinski definition) is 1. The minimum Gasteiger partial charge on any atom is -0.469 e. The zero-order valence-electron chi connectivity index (χ0n) is 13.2. The fraction of sp³-hybridized carbons (Fsp3) is 0.467. The third kappa shape index (κ3) is 4.25. The first-order chi connectivity index (χ1) is 11.6. The molecule has 0 aromatic heterocycles. The van der Waals surface area contributed by atoms with E-state index >= 15 is 0 Å². The van der Waals surface area contributed by atoms with E-state index in [1.807, 2.05) is 5.32 Å². The Hall–Kier alpha value is -2.65. The van der Waals surface area contributed by atoms with Crippen LogP contribution < -0.4 is 5.32 Å². The molecule has 7 nitrogen and oxygen atoms in total. The van der Waals surface area contributed by atoms with Crippen LogP contribution in [0.25, 0.3) is 0 Å². The molecule has 0 spiro atoms. The largest absolute Gasteiger partial charge is 0.471 e. The molecule has 0 radical (unpaired) electrons. The van der Waals surface area contributed by atoms with Gasteiger partial charge in [-0.3, -0.25) is 19.7 Å². The Bertz CT molecular complexity index is 718. The van der Waals surface area contributed by atoms with Crippen LogP contribution in [-0.2, 0) is 27.2 Å². The first-order valence-electron chi connectivity index (χ1n) is 7.38. The lowest BCUT2D eigenvalue weighted by Crippen LogP contribution is -2.40. The maximum Gasteiger partial charge on any atom is 0.471 e. The maximum absolute atomic E-state index is 12.5. The van der Waals surface area contributed by atoms with E-state index in [0.29, 0.717) is 18.4 Å². The monoisotopic (exact) mass is 360 g/mol. The molecule has 0 aliphatic heterocycles. The molecule has 0 fully saturated rings. The van der Waals surface area contributed by atoms with E-state index in [4.69, 9.17) is 0 Å². The number of fused-ring (bicyclic) bond motifs is 1. The Kier molecular flexibility index (Phi) is 5.29. The van der Waals surface area contributed by atoms with E-state index in [0.717, 1.165) is 13.2 Å². The van der Waals surface area contributed by atoms with Crippen molar-refractivity contribution < 1.29 is 32.4 Å². The lowest BCUT2D eigenvalue weighted by Gasteiger charge is -2.27. The van der Waals surface area contributed by atoms with Gasteiger partial charge in [0, 0.05) is 11.6 Å². The molecular formula is C15H15F3N2O5. The van der Waals surface area contributed by atoms with Crippen molar-refractivity contribution in [2.75, 3.05) is 7.11 Å². The first-order valence-corrected chi connectivity index (χ1v) is 7.38. The van der Waals surface area contributed by atoms with Crippen molar-refractivity contribution in [2.45, 2.75) is 37.9 Å². The standard InChI is InChI=1S/C15H15F3N2O5/c1-25-13(21)6-9-5-8-3-2-4-11(19-14(22)15(16,17)18)10(8)7-12(9)20(23)24/h5,7,11H,2-4,6H2,1H3,(H,19,22)/t11-/m1/s1. The number of ether oxygens (including phenoxy) is 1. The second-order valence-electron chi connectivity index (χ2n) is 5.61. The second kappa shape index (κ2) is 7.08. The summed E-state index contributed by atoms with van der Waals surface area (Å²) in [6.07, 6.45) is -4.12. The number of benzene rings is 1. The molecule has 25 heavy (non-hydrogen) atoms. The van der Waals surface area contributed by atoms with Crippen LogP contribution >= 0.6 is 0 Å². The van der Waals surface area contributed by atoms with E-state index in [2.05, 4.69) is 4.74 Å². The van der Waals surface area contributed by atoms with Crippen LogP contribution in [0.4, 0.5) is 18.9 Å². The van der Waals surface area contributed by atoms with Crippen molar-refractivity contribution in [1.82, 2.24) is 5.32 Å². The number of rotatable bonds is 4. The van der Waals surface area contributed by atoms with Gasteiger partial charge in [-0.2, -0.15) is 13.2 Å². The van der Waals surface area contributed by atoms with Gasteiger partial charge in [0.25, 0.3) is 5.69 Å². The summed E-state index contributed by atoms with van der Waals surface area (Å²) < 4.78 is 41.9. The minimum atomic E-state index is -5.03. The smallest absolute Gasteiger partial charge is 0.469 e. The van der Waals surface area contributed by atoms with Gasteiger partial charge < -0.3 is 10.1 Å². The minimum absolute atomic E-state index is 0.124. The number of nitrogens with zero attached hydrogens (tertiary/aromatic N) is 1. The van der Waals surface area contributed by atoms with Gasteiger partial charge in [0.05, 0.1) is 24.5 Å². The van der Waals surface area contributed by atoms with Crippen molar-refractivity contribution in [3.63, 3.8) is 0 Å². The van der Waals surface area contributed by atoms with E-state index in [1.165, 1.54) is 6.07 Å². The number of carbonyl (C=O) groups is 2. The Balaban J connectivity index is 2.40. The van der Waals surface area contributed by atoms with Gasteiger partial charge in [0.1, 0.15) is 0 Å². The molecule has 0 bridgehead atoms. The fourth-order valence-electron chi connectivity index (χ4n) is 2.82. The van der Waals surface area contributed by atoms with Gasteiger partial charge in [0.15, 0.2) is 0 Å². The average Bonchev–Trinajstić information content (AvgIpc) is 2.53. The Morgan fingerprint density at radius 2 is 2.08 bits per heavy atom. The molecule has 136 valence electrons. The van der Waals surface area contributed by atoms with Crippen molar-refractivity contribution in [2.24, 2.45) is 0 Å². The number of hydrogen-bond acceptors (Lipinski definition) is 5. The molecule has 0 saturated heterocycles. The van der Waals surface area contributed by atoms with E-state index in [9.17, 15) is 32.9 Å². The van der Waals surface area contributed by atoms with Gasteiger partial charge in [-0.15, -0.1) is 0 Å². The summed E-state index contributed by atoms with van der Waals surface area (Å²) in [6, 6.07) is 1.59. The van der Waals surface area contributed by atoms with Crippen LogP contribution in [0, 0.1) is 10.1 Å². The quantitative estimate of drug-likeness (QED) is 0.505. The molecule has 2 rings (SSSR count). The van der Waals surface area contributed by atoms with Crippen molar-refractivity contribution >= 4 is 17.6 Å². The van der Waals surface area contributed by atoms with Crippen LogP contribution in [0.3, 0.4) is 0 Å². The number of nitro benzene ring substituents is 1. The number of methoxy groups -OCH3 is 1.